The number of nitrogens with zero attached hydrogens (tertiary/aromatic N) is 1. The molecule has 0 saturated heterocycles. The van der Waals surface area contributed by atoms with Crippen LogP contribution in [0.1, 0.15) is 19.4 Å². The van der Waals surface area contributed by atoms with Crippen LogP contribution >= 0.6 is 0 Å². The Labute approximate surface area is 93.8 Å². The molecule has 1 N–H and O–H groups in total. The molecule has 1 rings (SSSR count). The lowest BCUT2D eigenvalue weighted by Gasteiger charge is -2.16. The molecular formula is C11H15NO4. The van der Waals surface area contributed by atoms with Gasteiger partial charge >= 0.3 is 0 Å². The third-order valence-electron chi connectivity index (χ3n) is 2.38. The summed E-state index contributed by atoms with van der Waals surface area (Å²) in [4.78, 5) is 10.5. The lowest BCUT2D eigenvalue weighted by Crippen LogP contribution is -2.33. The summed E-state index contributed by atoms with van der Waals surface area (Å²) < 4.78 is 4.94. The van der Waals surface area contributed by atoms with E-state index in [1.54, 1.807) is 26.0 Å². The normalized spacial score (nSPS) is 11.2. The minimum Gasteiger partial charge on any atom is -0.504 e. The maximum atomic E-state index is 10.8. The van der Waals surface area contributed by atoms with Gasteiger partial charge in [0.2, 0.25) is 5.54 Å². The van der Waals surface area contributed by atoms with Crippen LogP contribution in [0, 0.1) is 10.1 Å². The Kier molecular flexibility index (Phi) is 3.37. The third-order valence-corrected chi connectivity index (χ3v) is 2.38. The first-order valence-corrected chi connectivity index (χ1v) is 4.87. The Hall–Kier alpha value is -1.78. The van der Waals surface area contributed by atoms with Gasteiger partial charge in [0, 0.05) is 25.2 Å². The van der Waals surface area contributed by atoms with Gasteiger partial charge in [-0.05, 0) is 17.7 Å². The van der Waals surface area contributed by atoms with Gasteiger partial charge in [0.15, 0.2) is 11.5 Å². The Balaban J connectivity index is 2.94. The summed E-state index contributed by atoms with van der Waals surface area (Å²) in [7, 11) is 1.44. The van der Waals surface area contributed by atoms with Crippen LogP contribution < -0.4 is 4.74 Å². The molecule has 0 spiro atoms. The summed E-state index contributed by atoms with van der Waals surface area (Å²) >= 11 is 0. The van der Waals surface area contributed by atoms with E-state index in [4.69, 9.17) is 4.74 Å². The Morgan fingerprint density at radius 3 is 2.62 bits per heavy atom. The van der Waals surface area contributed by atoms with E-state index < -0.39 is 5.54 Å². The van der Waals surface area contributed by atoms with Gasteiger partial charge in [0.25, 0.3) is 0 Å². The highest BCUT2D eigenvalue weighted by Crippen LogP contribution is 2.28. The van der Waals surface area contributed by atoms with Crippen molar-refractivity contribution in [2.24, 2.45) is 0 Å². The molecule has 5 nitrogen and oxygen atoms in total. The van der Waals surface area contributed by atoms with E-state index in [1.807, 2.05) is 0 Å². The highest BCUT2D eigenvalue weighted by molar-refractivity contribution is 5.42. The lowest BCUT2D eigenvalue weighted by atomic mass is 9.95. The zero-order valence-corrected chi connectivity index (χ0v) is 9.56. The van der Waals surface area contributed by atoms with Crippen LogP contribution in [0.3, 0.4) is 0 Å². The first kappa shape index (κ1) is 12.3. The molecule has 1 aromatic carbocycles. The topological polar surface area (TPSA) is 72.6 Å². The minimum absolute atomic E-state index is 0.0326. The second-order valence-electron chi connectivity index (χ2n) is 4.25. The van der Waals surface area contributed by atoms with Gasteiger partial charge in [-0.2, -0.15) is 0 Å². The maximum Gasteiger partial charge on any atom is 0.220 e. The first-order chi connectivity index (χ1) is 7.36. The number of aromatic hydroxyl groups is 1. The van der Waals surface area contributed by atoms with Crippen LogP contribution in [0.5, 0.6) is 11.5 Å². The largest absolute Gasteiger partial charge is 0.504 e. The molecule has 0 fully saturated rings. The molecular weight excluding hydrogens is 210 g/mol. The predicted octanol–water partition coefficient (Wildman–Crippen LogP) is 2.00. The Bertz CT molecular complexity index is 401. The molecule has 1 aromatic rings. The van der Waals surface area contributed by atoms with Gasteiger partial charge in [0.1, 0.15) is 0 Å². The van der Waals surface area contributed by atoms with E-state index in [0.29, 0.717) is 5.75 Å². The van der Waals surface area contributed by atoms with Crippen LogP contribution in [-0.2, 0) is 6.42 Å². The number of hydrogen-bond donors (Lipinski definition) is 1. The van der Waals surface area contributed by atoms with Crippen molar-refractivity contribution >= 4 is 0 Å². The molecule has 0 saturated carbocycles. The van der Waals surface area contributed by atoms with E-state index in [2.05, 4.69) is 0 Å². The average molecular weight is 225 g/mol. The van der Waals surface area contributed by atoms with Crippen LogP contribution in [0.2, 0.25) is 0 Å². The molecule has 88 valence electrons. The standard InChI is InChI=1S/C11H15NO4/c1-11(2,12(14)15)7-8-4-5-9(13)10(6-8)16-3/h4-6,13H,7H2,1-3H3. The SMILES string of the molecule is COc1cc(CC(C)(C)[N+](=O)[O-])ccc1O. The zero-order valence-electron chi connectivity index (χ0n) is 9.56. The fourth-order valence-electron chi connectivity index (χ4n) is 1.40. The smallest absolute Gasteiger partial charge is 0.220 e. The fourth-order valence-corrected chi connectivity index (χ4v) is 1.40. The molecule has 0 bridgehead atoms. The number of phenols is 1. The van der Waals surface area contributed by atoms with Gasteiger partial charge in [-0.15, -0.1) is 0 Å². The van der Waals surface area contributed by atoms with Gasteiger partial charge in [-0.3, -0.25) is 10.1 Å². The molecule has 0 radical (unpaired) electrons. The number of hydrogen-bond acceptors (Lipinski definition) is 4. The quantitative estimate of drug-likeness (QED) is 0.628. The molecule has 0 unspecified atom stereocenters. The number of benzene rings is 1. The van der Waals surface area contributed by atoms with E-state index in [1.165, 1.54) is 13.2 Å². The lowest BCUT2D eigenvalue weighted by molar-refractivity contribution is -0.560. The summed E-state index contributed by atoms with van der Waals surface area (Å²) in [5.74, 6) is 0.363. The molecule has 0 aliphatic rings. The van der Waals surface area contributed by atoms with Crippen molar-refractivity contribution in [3.05, 3.63) is 33.9 Å². The monoisotopic (exact) mass is 225 g/mol. The third kappa shape index (κ3) is 2.62. The van der Waals surface area contributed by atoms with Crippen LogP contribution in [0.4, 0.5) is 0 Å². The molecule has 0 heterocycles. The fraction of sp³-hybridized carbons (Fsp3) is 0.455. The van der Waals surface area contributed by atoms with E-state index >= 15 is 0 Å². The summed E-state index contributed by atoms with van der Waals surface area (Å²) in [6.07, 6.45) is 0.288. The van der Waals surface area contributed by atoms with Gasteiger partial charge < -0.3 is 9.84 Å². The van der Waals surface area contributed by atoms with Crippen molar-refractivity contribution in [2.45, 2.75) is 25.8 Å². The Morgan fingerprint density at radius 1 is 1.50 bits per heavy atom. The second kappa shape index (κ2) is 4.38. The van der Waals surface area contributed by atoms with Crippen molar-refractivity contribution in [3.63, 3.8) is 0 Å². The predicted molar refractivity (Wildman–Crippen MR) is 59.4 cm³/mol. The van der Waals surface area contributed by atoms with Gasteiger partial charge in [0.05, 0.1) is 7.11 Å². The molecule has 0 amide bonds. The molecule has 0 aliphatic heterocycles. The average Bonchev–Trinajstić information content (AvgIpc) is 2.20. The van der Waals surface area contributed by atoms with E-state index in [-0.39, 0.29) is 17.1 Å². The Morgan fingerprint density at radius 2 is 2.12 bits per heavy atom. The van der Waals surface area contributed by atoms with E-state index in [9.17, 15) is 15.2 Å². The summed E-state index contributed by atoms with van der Waals surface area (Å²) in [6, 6.07) is 4.74. The van der Waals surface area contributed by atoms with Crippen molar-refractivity contribution in [1.82, 2.24) is 0 Å². The van der Waals surface area contributed by atoms with Crippen molar-refractivity contribution in [3.8, 4) is 11.5 Å². The maximum absolute atomic E-state index is 10.8. The minimum atomic E-state index is -1.03. The van der Waals surface area contributed by atoms with Gasteiger partial charge in [-0.25, -0.2) is 0 Å². The number of rotatable bonds is 4. The molecule has 0 aromatic heterocycles. The highest BCUT2D eigenvalue weighted by Gasteiger charge is 2.31. The zero-order chi connectivity index (χ0) is 12.3. The number of phenolic OH excluding ortho intramolecular Hbond substituents is 1. The van der Waals surface area contributed by atoms with Crippen molar-refractivity contribution < 1.29 is 14.8 Å². The molecule has 5 heteroatoms. The van der Waals surface area contributed by atoms with Crippen LogP contribution in [-0.4, -0.2) is 22.7 Å². The second-order valence-corrected chi connectivity index (χ2v) is 4.25. The van der Waals surface area contributed by atoms with Crippen LogP contribution in [0.15, 0.2) is 18.2 Å². The molecule has 16 heavy (non-hydrogen) atoms. The van der Waals surface area contributed by atoms with E-state index in [0.717, 1.165) is 5.56 Å². The molecule has 0 atom stereocenters. The number of nitro groups is 1. The first-order valence-electron chi connectivity index (χ1n) is 4.87. The summed E-state index contributed by atoms with van der Waals surface area (Å²) in [6.45, 7) is 3.12. The number of methoxy groups -OCH3 is 1. The van der Waals surface area contributed by atoms with Crippen molar-refractivity contribution in [2.75, 3.05) is 7.11 Å². The number of ether oxygens (including phenoxy) is 1. The van der Waals surface area contributed by atoms with Crippen LogP contribution in [0.25, 0.3) is 0 Å². The van der Waals surface area contributed by atoms with Crippen molar-refractivity contribution in [1.29, 1.82) is 0 Å². The molecule has 0 aliphatic carbocycles. The summed E-state index contributed by atoms with van der Waals surface area (Å²) in [5, 5.41) is 20.2. The summed E-state index contributed by atoms with van der Waals surface area (Å²) in [5.41, 5.74) is -0.265. The van der Waals surface area contributed by atoms with Gasteiger partial charge in [-0.1, -0.05) is 6.07 Å². The highest BCUT2D eigenvalue weighted by atomic mass is 16.6.